The van der Waals surface area contributed by atoms with Crippen molar-refractivity contribution in [2.24, 2.45) is 0 Å². The molecule has 0 aromatic heterocycles. The number of halogens is 4. The van der Waals surface area contributed by atoms with Crippen molar-refractivity contribution in [3.63, 3.8) is 0 Å². The van der Waals surface area contributed by atoms with Crippen molar-refractivity contribution in [2.45, 2.75) is 6.04 Å². The highest BCUT2D eigenvalue weighted by atomic mass is 79.9. The lowest BCUT2D eigenvalue weighted by molar-refractivity contribution is 0.610. The van der Waals surface area contributed by atoms with Crippen molar-refractivity contribution in [3.8, 4) is 0 Å². The number of hydrogen-bond acceptors (Lipinski definition) is 1. The molecule has 0 amide bonds. The fraction of sp³-hybridized carbons (Fsp3) is 0.143. The first-order chi connectivity index (χ1) is 9.02. The second-order valence-electron chi connectivity index (χ2n) is 4.06. The Bertz CT molecular complexity index is 604. The van der Waals surface area contributed by atoms with Gasteiger partial charge < -0.3 is 5.32 Å². The van der Waals surface area contributed by atoms with Crippen LogP contribution in [0.15, 0.2) is 40.9 Å². The lowest BCUT2D eigenvalue weighted by Gasteiger charge is -2.19. The molecule has 2 rings (SSSR count). The molecule has 2 aromatic carbocycles. The van der Waals surface area contributed by atoms with E-state index in [4.69, 9.17) is 23.2 Å². The first-order valence-corrected chi connectivity index (χ1v) is 7.15. The molecule has 5 heteroatoms. The van der Waals surface area contributed by atoms with Crippen molar-refractivity contribution in [2.75, 3.05) is 7.05 Å². The molecule has 0 aliphatic carbocycles. The predicted molar refractivity (Wildman–Crippen MR) is 81.5 cm³/mol. The second kappa shape index (κ2) is 6.23. The monoisotopic (exact) mass is 361 g/mol. The van der Waals surface area contributed by atoms with E-state index in [2.05, 4.69) is 21.2 Å². The summed E-state index contributed by atoms with van der Waals surface area (Å²) in [5, 5.41) is 4.31. The van der Waals surface area contributed by atoms with Crippen molar-refractivity contribution in [1.29, 1.82) is 0 Å². The molecule has 0 fully saturated rings. The molecule has 1 unspecified atom stereocenters. The predicted octanol–water partition coefficient (Wildman–Crippen LogP) is 5.20. The molecule has 1 N–H and O–H groups in total. The topological polar surface area (TPSA) is 12.0 Å². The summed E-state index contributed by atoms with van der Waals surface area (Å²) in [6, 6.07) is 10.0. The van der Waals surface area contributed by atoms with Crippen LogP contribution in [0.2, 0.25) is 10.0 Å². The quantitative estimate of drug-likeness (QED) is 0.790. The molecule has 0 heterocycles. The molecular formula is C14H11BrCl2FN. The summed E-state index contributed by atoms with van der Waals surface area (Å²) in [4.78, 5) is 0. The summed E-state index contributed by atoms with van der Waals surface area (Å²) in [6.45, 7) is 0. The van der Waals surface area contributed by atoms with Crippen LogP contribution in [0.4, 0.5) is 4.39 Å². The van der Waals surface area contributed by atoms with Crippen molar-refractivity contribution in [3.05, 3.63) is 67.9 Å². The van der Waals surface area contributed by atoms with Gasteiger partial charge in [0.05, 0.1) is 10.5 Å². The van der Waals surface area contributed by atoms with Gasteiger partial charge in [-0.3, -0.25) is 0 Å². The Balaban J connectivity index is 2.49. The Kier molecular flexibility index (Phi) is 4.85. The zero-order valence-electron chi connectivity index (χ0n) is 10.1. The van der Waals surface area contributed by atoms with Gasteiger partial charge in [-0.15, -0.1) is 0 Å². The van der Waals surface area contributed by atoms with E-state index in [0.717, 1.165) is 11.1 Å². The van der Waals surface area contributed by atoms with Gasteiger partial charge in [0.1, 0.15) is 5.82 Å². The van der Waals surface area contributed by atoms with E-state index in [1.807, 2.05) is 6.07 Å². The van der Waals surface area contributed by atoms with Gasteiger partial charge in [-0.25, -0.2) is 4.39 Å². The van der Waals surface area contributed by atoms with E-state index in [1.165, 1.54) is 6.07 Å². The van der Waals surface area contributed by atoms with Crippen LogP contribution >= 0.6 is 39.1 Å². The maximum atomic E-state index is 13.6. The van der Waals surface area contributed by atoms with Crippen LogP contribution in [0.1, 0.15) is 17.2 Å². The van der Waals surface area contributed by atoms with Gasteiger partial charge in [-0.2, -0.15) is 0 Å². The molecule has 100 valence electrons. The lowest BCUT2D eigenvalue weighted by atomic mass is 9.99. The van der Waals surface area contributed by atoms with Gasteiger partial charge in [0.25, 0.3) is 0 Å². The molecule has 1 nitrogen and oxygen atoms in total. The smallest absolute Gasteiger partial charge is 0.137 e. The molecule has 1 atom stereocenters. The van der Waals surface area contributed by atoms with Crippen molar-refractivity contribution < 1.29 is 4.39 Å². The lowest BCUT2D eigenvalue weighted by Crippen LogP contribution is -2.18. The Labute approximate surface area is 129 Å². The number of rotatable bonds is 3. The Morgan fingerprint density at radius 2 is 1.89 bits per heavy atom. The van der Waals surface area contributed by atoms with Gasteiger partial charge in [0.15, 0.2) is 0 Å². The first kappa shape index (κ1) is 14.8. The van der Waals surface area contributed by atoms with Gasteiger partial charge >= 0.3 is 0 Å². The molecule has 19 heavy (non-hydrogen) atoms. The average molecular weight is 363 g/mol. The number of hydrogen-bond donors (Lipinski definition) is 1. The molecule has 0 saturated carbocycles. The zero-order valence-corrected chi connectivity index (χ0v) is 13.2. The van der Waals surface area contributed by atoms with E-state index < -0.39 is 0 Å². The molecule has 2 aromatic rings. The van der Waals surface area contributed by atoms with Crippen LogP contribution in [-0.4, -0.2) is 7.05 Å². The second-order valence-corrected chi connectivity index (χ2v) is 5.76. The minimum atomic E-state index is -0.309. The first-order valence-electron chi connectivity index (χ1n) is 5.60. The number of nitrogens with one attached hydrogen (secondary N) is 1. The van der Waals surface area contributed by atoms with E-state index in [1.54, 1.807) is 31.3 Å². The highest BCUT2D eigenvalue weighted by Gasteiger charge is 2.17. The van der Waals surface area contributed by atoms with Crippen molar-refractivity contribution >= 4 is 39.1 Å². The Morgan fingerprint density at radius 3 is 2.53 bits per heavy atom. The largest absolute Gasteiger partial charge is 0.309 e. The van der Waals surface area contributed by atoms with E-state index in [0.29, 0.717) is 14.5 Å². The number of benzene rings is 2. The Hall–Kier alpha value is -0.610. The maximum absolute atomic E-state index is 13.6. The summed E-state index contributed by atoms with van der Waals surface area (Å²) in [5.41, 5.74) is 1.60. The normalized spacial score (nSPS) is 12.5. The molecule has 0 radical (unpaired) electrons. The van der Waals surface area contributed by atoms with Crippen LogP contribution in [0, 0.1) is 5.82 Å². The van der Waals surface area contributed by atoms with Crippen LogP contribution in [0.25, 0.3) is 0 Å². The summed E-state index contributed by atoms with van der Waals surface area (Å²) in [7, 11) is 1.79. The van der Waals surface area contributed by atoms with Gasteiger partial charge in [-0.1, -0.05) is 29.3 Å². The summed E-state index contributed by atoms with van der Waals surface area (Å²) < 4.78 is 14.1. The standard InChI is InChI=1S/C14H11BrCl2FN/c1-19-14(8-2-4-11(15)13(18)6-8)10-7-9(16)3-5-12(10)17/h2-7,14,19H,1H3. The zero-order chi connectivity index (χ0) is 14.0. The third-order valence-corrected chi connectivity index (χ3v) is 4.06. The van der Waals surface area contributed by atoms with E-state index in [-0.39, 0.29) is 11.9 Å². The van der Waals surface area contributed by atoms with Crippen LogP contribution < -0.4 is 5.32 Å². The third kappa shape index (κ3) is 3.29. The van der Waals surface area contributed by atoms with Crippen molar-refractivity contribution in [1.82, 2.24) is 5.32 Å². The fourth-order valence-corrected chi connectivity index (χ4v) is 2.58. The van der Waals surface area contributed by atoms with Crippen LogP contribution in [-0.2, 0) is 0 Å². The van der Waals surface area contributed by atoms with Gasteiger partial charge in [0.2, 0.25) is 0 Å². The summed E-state index contributed by atoms with van der Waals surface area (Å²) >= 11 is 15.3. The summed E-state index contributed by atoms with van der Waals surface area (Å²) in [6.07, 6.45) is 0. The minimum Gasteiger partial charge on any atom is -0.309 e. The molecule has 0 bridgehead atoms. The average Bonchev–Trinajstić information content (AvgIpc) is 2.38. The molecule has 0 aliphatic heterocycles. The fourth-order valence-electron chi connectivity index (χ4n) is 1.93. The molecule has 0 aliphatic rings. The minimum absolute atomic E-state index is 0.214. The molecule has 0 saturated heterocycles. The van der Waals surface area contributed by atoms with Gasteiger partial charge in [0, 0.05) is 10.0 Å². The van der Waals surface area contributed by atoms with E-state index in [9.17, 15) is 4.39 Å². The molecule has 0 spiro atoms. The SMILES string of the molecule is CNC(c1ccc(Br)c(F)c1)c1cc(Cl)ccc1Cl. The van der Waals surface area contributed by atoms with Crippen LogP contribution in [0.5, 0.6) is 0 Å². The highest BCUT2D eigenvalue weighted by molar-refractivity contribution is 9.10. The third-order valence-electron chi connectivity index (χ3n) is 2.83. The maximum Gasteiger partial charge on any atom is 0.137 e. The Morgan fingerprint density at radius 1 is 1.16 bits per heavy atom. The van der Waals surface area contributed by atoms with Gasteiger partial charge in [-0.05, 0) is 64.4 Å². The van der Waals surface area contributed by atoms with E-state index >= 15 is 0 Å². The highest BCUT2D eigenvalue weighted by Crippen LogP contribution is 2.31. The van der Waals surface area contributed by atoms with Crippen LogP contribution in [0.3, 0.4) is 0 Å². The summed E-state index contributed by atoms with van der Waals surface area (Å²) in [5.74, 6) is -0.309. The molecular weight excluding hydrogens is 352 g/mol.